The van der Waals surface area contributed by atoms with Crippen molar-refractivity contribution in [3.05, 3.63) is 82.1 Å². The lowest BCUT2D eigenvalue weighted by molar-refractivity contribution is -0.135. The largest absolute Gasteiger partial charge is 0.507 e. The lowest BCUT2D eigenvalue weighted by Crippen LogP contribution is -2.22. The van der Waals surface area contributed by atoms with Crippen LogP contribution in [-0.4, -0.2) is 31.4 Å². The molecule has 0 bridgehead atoms. The molecule has 0 fully saturated rings. The van der Waals surface area contributed by atoms with Gasteiger partial charge in [0.1, 0.15) is 22.5 Å². The minimum Gasteiger partial charge on any atom is -0.507 e. The fourth-order valence-corrected chi connectivity index (χ4v) is 4.73. The molecule has 1 aliphatic heterocycles. The van der Waals surface area contributed by atoms with E-state index in [1.165, 1.54) is 12.1 Å². The summed E-state index contributed by atoms with van der Waals surface area (Å²) in [5.74, 6) is -3.61. The number of aromatic hydroxyl groups is 4. The molecule has 3 heterocycles. The molecule has 6 rings (SSSR count). The van der Waals surface area contributed by atoms with Gasteiger partial charge < -0.3 is 29.6 Å². The molecule has 0 aliphatic carbocycles. The Bertz CT molecular complexity index is 1780. The fraction of sp³-hybridized carbons (Fsp3) is 0.0741. The van der Waals surface area contributed by atoms with E-state index >= 15 is 0 Å². The molecule has 5 aromatic rings. The highest BCUT2D eigenvalue weighted by atomic mass is 16.5. The third kappa shape index (κ3) is 3.13. The molecule has 0 saturated carbocycles. The van der Waals surface area contributed by atoms with Gasteiger partial charge in [0, 0.05) is 34.7 Å². The molecule has 9 nitrogen and oxygen atoms in total. The molecule has 3 aromatic carbocycles. The maximum absolute atomic E-state index is 13.2. The quantitative estimate of drug-likeness (QED) is 0.164. The normalized spacial score (nSPS) is 15.1. The molecule has 4 N–H and O–H groups in total. The highest BCUT2D eigenvalue weighted by Crippen LogP contribution is 2.48. The average Bonchev–Trinajstić information content (AvgIpc) is 2.86. The molecule has 1 atom stereocenters. The van der Waals surface area contributed by atoms with Crippen LogP contribution in [0.15, 0.2) is 70.0 Å². The Balaban J connectivity index is 1.71. The first-order valence-electron chi connectivity index (χ1n) is 11.0. The van der Waals surface area contributed by atoms with Crippen molar-refractivity contribution in [1.82, 2.24) is 4.98 Å². The molecule has 2 aromatic heterocycles. The van der Waals surface area contributed by atoms with E-state index in [9.17, 15) is 30.0 Å². The maximum Gasteiger partial charge on any atom is 0.312 e. The molecule has 36 heavy (non-hydrogen) atoms. The molecule has 9 heteroatoms. The van der Waals surface area contributed by atoms with E-state index in [0.29, 0.717) is 11.1 Å². The molecular formula is C27H17NO8. The minimum atomic E-state index is -0.908. The zero-order chi connectivity index (χ0) is 25.1. The van der Waals surface area contributed by atoms with Gasteiger partial charge in [0.15, 0.2) is 17.3 Å². The van der Waals surface area contributed by atoms with Gasteiger partial charge in [0.2, 0.25) is 11.2 Å². The van der Waals surface area contributed by atoms with Crippen molar-refractivity contribution in [3.8, 4) is 40.1 Å². The van der Waals surface area contributed by atoms with Gasteiger partial charge in [0.05, 0.1) is 11.9 Å². The van der Waals surface area contributed by atoms with Crippen molar-refractivity contribution >= 4 is 27.8 Å². The van der Waals surface area contributed by atoms with Crippen molar-refractivity contribution in [1.29, 1.82) is 0 Å². The maximum atomic E-state index is 13.2. The number of nitrogens with zero attached hydrogens (tertiary/aromatic N) is 1. The highest BCUT2D eigenvalue weighted by Gasteiger charge is 2.35. The molecule has 0 saturated heterocycles. The summed E-state index contributed by atoms with van der Waals surface area (Å²) in [5, 5.41) is 41.4. The number of carbonyl (C=O) groups excluding carboxylic acids is 1. The van der Waals surface area contributed by atoms with E-state index in [2.05, 4.69) is 4.98 Å². The van der Waals surface area contributed by atoms with Crippen molar-refractivity contribution in [2.75, 3.05) is 0 Å². The van der Waals surface area contributed by atoms with Gasteiger partial charge in [-0.1, -0.05) is 18.2 Å². The Morgan fingerprint density at radius 1 is 0.889 bits per heavy atom. The van der Waals surface area contributed by atoms with Gasteiger partial charge in [-0.3, -0.25) is 14.6 Å². The van der Waals surface area contributed by atoms with E-state index in [1.807, 2.05) is 24.3 Å². The summed E-state index contributed by atoms with van der Waals surface area (Å²) < 4.78 is 11.4. The third-order valence-corrected chi connectivity index (χ3v) is 6.36. The number of carbonyl (C=O) groups is 1. The van der Waals surface area contributed by atoms with Gasteiger partial charge in [-0.25, -0.2) is 0 Å². The van der Waals surface area contributed by atoms with Crippen molar-refractivity contribution < 1.29 is 34.4 Å². The number of phenols is 3. The summed E-state index contributed by atoms with van der Waals surface area (Å²) in [6, 6.07) is 14.0. The van der Waals surface area contributed by atoms with Crippen molar-refractivity contribution in [2.24, 2.45) is 0 Å². The number of ether oxygens (including phenoxy) is 1. The minimum absolute atomic E-state index is 0.0236. The summed E-state index contributed by atoms with van der Waals surface area (Å²) in [5.41, 5.74) is 0.920. The number of rotatable bonds is 2. The summed E-state index contributed by atoms with van der Waals surface area (Å²) in [6.45, 7) is 0. The van der Waals surface area contributed by atoms with Gasteiger partial charge in [0.25, 0.3) is 0 Å². The SMILES string of the molecule is O=C1C[C@@H](c2ccnc3ccccc23)c2c(cc(O)c3c(=O)c(O)c(-c4ccc(O)c(O)c4)oc23)O1. The van der Waals surface area contributed by atoms with Crippen LogP contribution in [0.3, 0.4) is 0 Å². The fourth-order valence-electron chi connectivity index (χ4n) is 4.73. The zero-order valence-electron chi connectivity index (χ0n) is 18.4. The number of fused-ring (bicyclic) bond motifs is 4. The number of benzene rings is 3. The number of esters is 1. The first-order valence-corrected chi connectivity index (χ1v) is 11.0. The topological polar surface area (TPSA) is 150 Å². The predicted molar refractivity (Wildman–Crippen MR) is 128 cm³/mol. The summed E-state index contributed by atoms with van der Waals surface area (Å²) >= 11 is 0. The molecule has 0 radical (unpaired) electrons. The van der Waals surface area contributed by atoms with E-state index in [1.54, 1.807) is 12.3 Å². The van der Waals surface area contributed by atoms with Crippen molar-refractivity contribution in [3.63, 3.8) is 0 Å². The Morgan fingerprint density at radius 2 is 1.69 bits per heavy atom. The lowest BCUT2D eigenvalue weighted by atomic mass is 9.83. The monoisotopic (exact) mass is 483 g/mol. The van der Waals surface area contributed by atoms with E-state index in [-0.39, 0.29) is 34.5 Å². The van der Waals surface area contributed by atoms with Crippen molar-refractivity contribution in [2.45, 2.75) is 12.3 Å². The molecule has 1 aliphatic rings. The van der Waals surface area contributed by atoms with Crippen LogP contribution in [0.2, 0.25) is 0 Å². The van der Waals surface area contributed by atoms with Crippen LogP contribution in [0.4, 0.5) is 0 Å². The number of pyridine rings is 1. The highest BCUT2D eigenvalue weighted by molar-refractivity contribution is 5.95. The standard InChI is InChI=1S/C27H17NO8/c29-17-6-5-12(9-18(17)30)26-25(34)24(33)23-19(31)11-20-22(27(23)36-26)15(10-21(32)35-20)13-7-8-28-16-4-2-1-3-14(13)16/h1-9,11,15,29-31,34H,10H2/t15-/m0/s1. The number of hydrogen-bond donors (Lipinski definition) is 4. The predicted octanol–water partition coefficient (Wildman–Crippen LogP) is 4.27. The summed E-state index contributed by atoms with van der Waals surface area (Å²) in [4.78, 5) is 30.1. The average molecular weight is 483 g/mol. The van der Waals surface area contributed by atoms with Crippen LogP contribution in [-0.2, 0) is 4.79 Å². The molecule has 0 amide bonds. The first-order chi connectivity index (χ1) is 17.3. The molecule has 178 valence electrons. The Morgan fingerprint density at radius 3 is 2.50 bits per heavy atom. The third-order valence-electron chi connectivity index (χ3n) is 6.36. The number of para-hydroxylation sites is 1. The van der Waals surface area contributed by atoms with Gasteiger partial charge in [-0.05, 0) is 35.9 Å². The zero-order valence-corrected chi connectivity index (χ0v) is 18.4. The molecule has 0 spiro atoms. The van der Waals surface area contributed by atoms with Gasteiger partial charge >= 0.3 is 5.97 Å². The van der Waals surface area contributed by atoms with Gasteiger partial charge in [-0.2, -0.15) is 0 Å². The Hall–Kier alpha value is -5.05. The Labute approximate surface area is 202 Å². The summed E-state index contributed by atoms with van der Waals surface area (Å²) in [6.07, 6.45) is 1.55. The second-order valence-corrected chi connectivity index (χ2v) is 8.47. The first kappa shape index (κ1) is 21.5. The van der Waals surface area contributed by atoms with Crippen LogP contribution in [0.5, 0.6) is 28.7 Å². The molecular weight excluding hydrogens is 466 g/mol. The van der Waals surface area contributed by atoms with Crippen LogP contribution >= 0.6 is 0 Å². The summed E-state index contributed by atoms with van der Waals surface area (Å²) in [7, 11) is 0. The Kier molecular flexibility index (Phi) is 4.62. The number of phenolic OH excluding ortho intramolecular Hbond substituents is 3. The smallest absolute Gasteiger partial charge is 0.312 e. The van der Waals surface area contributed by atoms with Crippen LogP contribution in [0, 0.1) is 0 Å². The van der Waals surface area contributed by atoms with E-state index < -0.39 is 40.3 Å². The van der Waals surface area contributed by atoms with Crippen LogP contribution < -0.4 is 10.2 Å². The number of aromatic nitrogens is 1. The van der Waals surface area contributed by atoms with E-state index in [4.69, 9.17) is 9.15 Å². The van der Waals surface area contributed by atoms with Gasteiger partial charge in [-0.15, -0.1) is 0 Å². The van der Waals surface area contributed by atoms with Crippen LogP contribution in [0.25, 0.3) is 33.2 Å². The second kappa shape index (κ2) is 7.74. The number of hydrogen-bond acceptors (Lipinski definition) is 9. The van der Waals surface area contributed by atoms with Crippen LogP contribution in [0.1, 0.15) is 23.5 Å². The lowest BCUT2D eigenvalue weighted by Gasteiger charge is -2.27. The second-order valence-electron chi connectivity index (χ2n) is 8.47. The van der Waals surface area contributed by atoms with E-state index in [0.717, 1.165) is 23.1 Å². The molecule has 0 unspecified atom stereocenters.